The highest BCUT2D eigenvalue weighted by atomic mass is 35.5. The van der Waals surface area contributed by atoms with Crippen LogP contribution in [0.4, 0.5) is 0 Å². The van der Waals surface area contributed by atoms with Gasteiger partial charge in [0, 0.05) is 22.8 Å². The molecule has 1 aliphatic rings. The second-order valence-electron chi connectivity index (χ2n) is 7.01. The van der Waals surface area contributed by atoms with Crippen molar-refractivity contribution < 1.29 is 14.7 Å². The van der Waals surface area contributed by atoms with Crippen LogP contribution < -0.4 is 5.32 Å². The number of aromatic nitrogens is 2. The van der Waals surface area contributed by atoms with Crippen LogP contribution in [0.3, 0.4) is 0 Å². The first-order chi connectivity index (χ1) is 12.2. The molecule has 2 N–H and O–H groups in total. The summed E-state index contributed by atoms with van der Waals surface area (Å²) in [5.74, 6) is -1.34. The van der Waals surface area contributed by atoms with Crippen molar-refractivity contribution in [2.45, 2.75) is 33.1 Å². The Morgan fingerprint density at radius 2 is 2.04 bits per heavy atom. The fourth-order valence-electron chi connectivity index (χ4n) is 2.93. The molecule has 3 rings (SSSR count). The van der Waals surface area contributed by atoms with E-state index < -0.39 is 11.4 Å². The van der Waals surface area contributed by atoms with Crippen LogP contribution in [0.25, 0.3) is 5.69 Å². The average Bonchev–Trinajstić information content (AvgIpc) is 3.15. The standard InChI is InChI=1S/C18H19Cl2N3O3/c1-18(2,17(25)26)9-21-16(24)15-11-4-3-5-13(11)23(22-15)14-7-6-10(19)8-12(14)20/h6-8H,3-5,9H2,1-2H3,(H,21,24)(H,25,26). The topological polar surface area (TPSA) is 84.2 Å². The third-order valence-electron chi connectivity index (χ3n) is 4.55. The normalized spacial score (nSPS) is 13.5. The number of nitrogens with one attached hydrogen (secondary N) is 1. The number of aliphatic carboxylic acids is 1. The van der Waals surface area contributed by atoms with Crippen molar-refractivity contribution in [1.29, 1.82) is 0 Å². The van der Waals surface area contributed by atoms with E-state index >= 15 is 0 Å². The number of fused-ring (bicyclic) bond motifs is 1. The summed E-state index contributed by atoms with van der Waals surface area (Å²) in [6, 6.07) is 5.13. The molecule has 0 aliphatic heterocycles. The molecule has 26 heavy (non-hydrogen) atoms. The first kappa shape index (κ1) is 18.7. The number of carbonyl (C=O) groups excluding carboxylic acids is 1. The molecule has 0 unspecified atom stereocenters. The maximum absolute atomic E-state index is 12.6. The smallest absolute Gasteiger partial charge is 0.310 e. The first-order valence-corrected chi connectivity index (χ1v) is 9.04. The lowest BCUT2D eigenvalue weighted by Crippen LogP contribution is -2.39. The number of carboxylic acid groups (broad SMARTS) is 1. The number of nitrogens with zero attached hydrogens (tertiary/aromatic N) is 2. The van der Waals surface area contributed by atoms with Crippen molar-refractivity contribution in [2.24, 2.45) is 5.41 Å². The van der Waals surface area contributed by atoms with Crippen LogP contribution in [0.15, 0.2) is 18.2 Å². The monoisotopic (exact) mass is 395 g/mol. The Balaban J connectivity index is 1.92. The highest BCUT2D eigenvalue weighted by molar-refractivity contribution is 6.35. The van der Waals surface area contributed by atoms with Gasteiger partial charge in [0.1, 0.15) is 0 Å². The lowest BCUT2D eigenvalue weighted by atomic mass is 9.94. The van der Waals surface area contributed by atoms with Crippen molar-refractivity contribution in [2.75, 3.05) is 6.54 Å². The number of hydrogen-bond donors (Lipinski definition) is 2. The molecular formula is C18H19Cl2N3O3. The summed E-state index contributed by atoms with van der Waals surface area (Å²) in [6.45, 7) is 3.14. The second-order valence-corrected chi connectivity index (χ2v) is 7.85. The van der Waals surface area contributed by atoms with E-state index in [1.807, 2.05) is 0 Å². The van der Waals surface area contributed by atoms with Crippen molar-refractivity contribution >= 4 is 35.1 Å². The number of halogens is 2. The van der Waals surface area contributed by atoms with Crippen LogP contribution in [0, 0.1) is 5.41 Å². The van der Waals surface area contributed by atoms with Crippen LogP contribution in [-0.2, 0) is 17.6 Å². The van der Waals surface area contributed by atoms with Gasteiger partial charge in [-0.05, 0) is 51.3 Å². The van der Waals surface area contributed by atoms with Crippen LogP contribution in [0.2, 0.25) is 10.0 Å². The van der Waals surface area contributed by atoms with E-state index in [4.69, 9.17) is 23.2 Å². The van der Waals surface area contributed by atoms with Gasteiger partial charge in [-0.15, -0.1) is 0 Å². The van der Waals surface area contributed by atoms with E-state index in [-0.39, 0.29) is 12.5 Å². The summed E-state index contributed by atoms with van der Waals surface area (Å²) in [4.78, 5) is 23.8. The third kappa shape index (κ3) is 3.44. The fraction of sp³-hybridized carbons (Fsp3) is 0.389. The quantitative estimate of drug-likeness (QED) is 0.810. The summed E-state index contributed by atoms with van der Waals surface area (Å²) in [7, 11) is 0. The number of amides is 1. The summed E-state index contributed by atoms with van der Waals surface area (Å²) in [6.07, 6.45) is 2.49. The van der Waals surface area contributed by atoms with Gasteiger partial charge in [-0.2, -0.15) is 5.10 Å². The molecule has 138 valence electrons. The molecule has 0 saturated heterocycles. The van der Waals surface area contributed by atoms with E-state index in [0.717, 1.165) is 30.5 Å². The van der Waals surface area contributed by atoms with E-state index in [1.54, 1.807) is 36.7 Å². The molecular weight excluding hydrogens is 377 g/mol. The molecule has 1 aliphatic carbocycles. The molecule has 0 spiro atoms. The molecule has 2 aromatic rings. The van der Waals surface area contributed by atoms with Gasteiger partial charge in [0.25, 0.3) is 5.91 Å². The Morgan fingerprint density at radius 3 is 2.69 bits per heavy atom. The Morgan fingerprint density at radius 1 is 1.31 bits per heavy atom. The minimum absolute atomic E-state index is 0.0184. The van der Waals surface area contributed by atoms with Gasteiger partial charge in [0.05, 0.1) is 16.1 Å². The van der Waals surface area contributed by atoms with E-state index in [2.05, 4.69) is 10.4 Å². The Hall–Kier alpha value is -2.05. The van der Waals surface area contributed by atoms with Crippen LogP contribution in [0.1, 0.15) is 42.0 Å². The minimum atomic E-state index is -1.05. The molecule has 1 heterocycles. The highest BCUT2D eigenvalue weighted by Crippen LogP contribution is 2.31. The molecule has 6 nitrogen and oxygen atoms in total. The largest absolute Gasteiger partial charge is 0.481 e. The van der Waals surface area contributed by atoms with Crippen LogP contribution >= 0.6 is 23.2 Å². The Bertz CT molecular complexity index is 890. The molecule has 1 amide bonds. The fourth-order valence-corrected chi connectivity index (χ4v) is 3.42. The summed E-state index contributed by atoms with van der Waals surface area (Å²) < 4.78 is 1.69. The van der Waals surface area contributed by atoms with Gasteiger partial charge in [0.15, 0.2) is 5.69 Å². The Kier molecular flexibility index (Phi) is 4.99. The molecule has 1 aromatic carbocycles. The lowest BCUT2D eigenvalue weighted by Gasteiger charge is -2.19. The number of rotatable bonds is 5. The zero-order valence-electron chi connectivity index (χ0n) is 14.5. The van der Waals surface area contributed by atoms with Crippen LogP contribution in [-0.4, -0.2) is 33.3 Å². The zero-order valence-corrected chi connectivity index (χ0v) is 16.0. The minimum Gasteiger partial charge on any atom is -0.481 e. The van der Waals surface area contributed by atoms with Gasteiger partial charge in [0.2, 0.25) is 0 Å². The van der Waals surface area contributed by atoms with Crippen molar-refractivity contribution in [3.8, 4) is 5.69 Å². The molecule has 0 radical (unpaired) electrons. The van der Waals surface area contributed by atoms with Gasteiger partial charge in [-0.25, -0.2) is 4.68 Å². The maximum Gasteiger partial charge on any atom is 0.310 e. The Labute approximate surface area is 161 Å². The van der Waals surface area contributed by atoms with E-state index in [9.17, 15) is 14.7 Å². The van der Waals surface area contributed by atoms with E-state index in [0.29, 0.717) is 21.4 Å². The summed E-state index contributed by atoms with van der Waals surface area (Å²) in [5.41, 5.74) is 1.78. The van der Waals surface area contributed by atoms with Gasteiger partial charge >= 0.3 is 5.97 Å². The predicted molar refractivity (Wildman–Crippen MR) is 99.4 cm³/mol. The number of benzene rings is 1. The van der Waals surface area contributed by atoms with Gasteiger partial charge in [-0.1, -0.05) is 23.2 Å². The molecule has 8 heteroatoms. The third-order valence-corrected chi connectivity index (χ3v) is 5.09. The summed E-state index contributed by atoms with van der Waals surface area (Å²) >= 11 is 12.3. The molecule has 0 fully saturated rings. The van der Waals surface area contributed by atoms with Crippen molar-refractivity contribution in [1.82, 2.24) is 15.1 Å². The molecule has 1 aromatic heterocycles. The average molecular weight is 396 g/mol. The zero-order chi connectivity index (χ0) is 19.1. The molecule has 0 atom stereocenters. The van der Waals surface area contributed by atoms with Crippen LogP contribution in [0.5, 0.6) is 0 Å². The van der Waals surface area contributed by atoms with Gasteiger partial charge in [-0.3, -0.25) is 9.59 Å². The SMILES string of the molecule is CC(C)(CNC(=O)c1nn(-c2ccc(Cl)cc2Cl)c2c1CCC2)C(=O)O. The van der Waals surface area contributed by atoms with Crippen molar-refractivity contribution in [3.63, 3.8) is 0 Å². The summed E-state index contributed by atoms with van der Waals surface area (Å²) in [5, 5.41) is 17.3. The number of carbonyl (C=O) groups is 2. The van der Waals surface area contributed by atoms with E-state index in [1.165, 1.54) is 0 Å². The highest BCUT2D eigenvalue weighted by Gasteiger charge is 2.31. The number of carboxylic acids is 1. The van der Waals surface area contributed by atoms with Gasteiger partial charge < -0.3 is 10.4 Å². The predicted octanol–water partition coefficient (Wildman–Crippen LogP) is 3.51. The number of hydrogen-bond acceptors (Lipinski definition) is 3. The second kappa shape index (κ2) is 6.93. The maximum atomic E-state index is 12.6. The molecule has 0 bridgehead atoms. The first-order valence-electron chi connectivity index (χ1n) is 8.28. The lowest BCUT2D eigenvalue weighted by molar-refractivity contribution is -0.146. The molecule has 0 saturated carbocycles. The van der Waals surface area contributed by atoms with Crippen molar-refractivity contribution in [3.05, 3.63) is 45.2 Å².